The highest BCUT2D eigenvalue weighted by molar-refractivity contribution is 5.80. The number of hydrogen-bond acceptors (Lipinski definition) is 5. The van der Waals surface area contributed by atoms with E-state index in [-0.39, 0.29) is 11.1 Å². The molecule has 86 valence electrons. The number of carboxylic acids is 1. The van der Waals surface area contributed by atoms with Crippen molar-refractivity contribution in [1.29, 1.82) is 0 Å². The predicted molar refractivity (Wildman–Crippen MR) is 52.1 cm³/mol. The molecular weight excluding hydrogens is 216 g/mol. The Balaban J connectivity index is 3.21. The minimum Gasteiger partial charge on any atom is -0.508 e. The summed E-state index contributed by atoms with van der Waals surface area (Å²) in [7, 11) is 0. The molecule has 6 nitrogen and oxygen atoms in total. The molecule has 0 amide bonds. The summed E-state index contributed by atoms with van der Waals surface area (Å²) in [4.78, 5) is 21.1. The molecule has 6 heteroatoms. The molecule has 0 fully saturated rings. The average Bonchev–Trinajstić information content (AvgIpc) is 2.26. The fraction of sp³-hybridized carbons (Fsp3) is 0.200. The van der Waals surface area contributed by atoms with Gasteiger partial charge in [0.1, 0.15) is 11.9 Å². The summed E-state index contributed by atoms with van der Waals surface area (Å²) in [5.74, 6) is -2.09. The first-order valence-electron chi connectivity index (χ1n) is 4.35. The van der Waals surface area contributed by atoms with Gasteiger partial charge in [0.15, 0.2) is 12.4 Å². The number of carboxylic acid groups (broad SMARTS) is 1. The van der Waals surface area contributed by atoms with E-state index >= 15 is 0 Å². The molecule has 4 N–H and O–H groups in total. The van der Waals surface area contributed by atoms with E-state index in [2.05, 4.69) is 0 Å². The maximum absolute atomic E-state index is 10.6. The molecule has 0 saturated heterocycles. The second-order valence-corrected chi connectivity index (χ2v) is 3.13. The van der Waals surface area contributed by atoms with Gasteiger partial charge in [-0.05, 0) is 6.07 Å². The smallest absolute Gasteiger partial charge is 0.335 e. The lowest BCUT2D eigenvalue weighted by molar-refractivity contribution is -0.153. The molecule has 2 unspecified atom stereocenters. The lowest BCUT2D eigenvalue weighted by atomic mass is 9.98. The van der Waals surface area contributed by atoms with Crippen LogP contribution >= 0.6 is 0 Å². The maximum Gasteiger partial charge on any atom is 0.335 e. The first-order chi connectivity index (χ1) is 7.49. The number of aliphatic hydroxyl groups excluding tert-OH is 2. The molecule has 0 aliphatic rings. The van der Waals surface area contributed by atoms with Gasteiger partial charge in [-0.25, -0.2) is 4.79 Å². The molecule has 0 saturated carbocycles. The van der Waals surface area contributed by atoms with Gasteiger partial charge in [0.2, 0.25) is 0 Å². The molecule has 0 aromatic heterocycles. The van der Waals surface area contributed by atoms with Crippen molar-refractivity contribution in [3.05, 3.63) is 29.3 Å². The Morgan fingerprint density at radius 3 is 2.44 bits per heavy atom. The molecule has 0 spiro atoms. The van der Waals surface area contributed by atoms with E-state index in [1.165, 1.54) is 18.2 Å². The number of rotatable bonds is 4. The van der Waals surface area contributed by atoms with Crippen LogP contribution in [0.2, 0.25) is 0 Å². The normalized spacial score (nSPS) is 14.1. The van der Waals surface area contributed by atoms with Crippen molar-refractivity contribution in [2.45, 2.75) is 12.2 Å². The Morgan fingerprint density at radius 2 is 1.94 bits per heavy atom. The molecule has 0 aliphatic heterocycles. The summed E-state index contributed by atoms with van der Waals surface area (Å²) in [5, 5.41) is 36.5. The number of aliphatic hydroxyl groups is 2. The number of aliphatic carboxylic acids is 1. The van der Waals surface area contributed by atoms with E-state index < -0.39 is 23.9 Å². The number of carbonyl (C=O) groups is 2. The third kappa shape index (κ3) is 2.18. The zero-order valence-electron chi connectivity index (χ0n) is 8.07. The van der Waals surface area contributed by atoms with E-state index in [1.54, 1.807) is 0 Å². The van der Waals surface area contributed by atoms with Crippen LogP contribution in [0.25, 0.3) is 0 Å². The van der Waals surface area contributed by atoms with Gasteiger partial charge < -0.3 is 20.4 Å². The van der Waals surface area contributed by atoms with Crippen LogP contribution in [0.3, 0.4) is 0 Å². The second-order valence-electron chi connectivity index (χ2n) is 3.13. The van der Waals surface area contributed by atoms with Gasteiger partial charge in [0, 0.05) is 11.1 Å². The molecular formula is C10H10O6. The topological polar surface area (TPSA) is 115 Å². The molecule has 1 aromatic rings. The van der Waals surface area contributed by atoms with Crippen LogP contribution in [-0.4, -0.2) is 38.8 Å². The van der Waals surface area contributed by atoms with Crippen molar-refractivity contribution in [2.24, 2.45) is 0 Å². The highest BCUT2D eigenvalue weighted by atomic mass is 16.4. The number of hydrogen-bond donors (Lipinski definition) is 4. The van der Waals surface area contributed by atoms with Crippen molar-refractivity contribution in [3.63, 3.8) is 0 Å². The lowest BCUT2D eigenvalue weighted by Crippen LogP contribution is -2.28. The molecule has 0 aliphatic carbocycles. The van der Waals surface area contributed by atoms with Crippen LogP contribution in [0.5, 0.6) is 5.75 Å². The third-order valence-electron chi connectivity index (χ3n) is 2.09. The summed E-state index contributed by atoms with van der Waals surface area (Å²) in [6.45, 7) is 0. The fourth-order valence-corrected chi connectivity index (χ4v) is 1.29. The van der Waals surface area contributed by atoms with E-state index in [9.17, 15) is 19.8 Å². The SMILES string of the molecule is O=Cc1cccc(O)c1C(O)C(O)C(=O)O. The molecule has 2 atom stereocenters. The fourth-order valence-electron chi connectivity index (χ4n) is 1.29. The summed E-state index contributed by atoms with van der Waals surface area (Å²) in [5.41, 5.74) is -0.375. The van der Waals surface area contributed by atoms with Crippen LogP contribution in [-0.2, 0) is 4.79 Å². The van der Waals surface area contributed by atoms with E-state index in [0.717, 1.165) is 0 Å². The standard InChI is InChI=1S/C10H10O6/c11-4-5-2-1-3-6(12)7(5)8(13)9(14)10(15)16/h1-4,8-9,12-14H,(H,15,16). The van der Waals surface area contributed by atoms with Crippen molar-refractivity contribution in [1.82, 2.24) is 0 Å². The van der Waals surface area contributed by atoms with Gasteiger partial charge in [-0.15, -0.1) is 0 Å². The first-order valence-corrected chi connectivity index (χ1v) is 4.35. The number of aldehydes is 1. The minimum atomic E-state index is -2.10. The monoisotopic (exact) mass is 226 g/mol. The predicted octanol–water partition coefficient (Wildman–Crippen LogP) is -0.316. The quantitative estimate of drug-likeness (QED) is 0.523. The number of carbonyl (C=O) groups excluding carboxylic acids is 1. The summed E-state index contributed by atoms with van der Waals surface area (Å²) >= 11 is 0. The Labute approximate surface area is 90.4 Å². The third-order valence-corrected chi connectivity index (χ3v) is 2.09. The molecule has 16 heavy (non-hydrogen) atoms. The maximum atomic E-state index is 10.6. The van der Waals surface area contributed by atoms with Gasteiger partial charge in [-0.1, -0.05) is 12.1 Å². The number of phenols is 1. The number of aromatic hydroxyl groups is 1. The highest BCUT2D eigenvalue weighted by Gasteiger charge is 2.29. The Hall–Kier alpha value is -1.92. The largest absolute Gasteiger partial charge is 0.508 e. The zero-order valence-corrected chi connectivity index (χ0v) is 8.07. The Bertz CT molecular complexity index is 414. The van der Waals surface area contributed by atoms with Crippen molar-refractivity contribution in [3.8, 4) is 5.75 Å². The van der Waals surface area contributed by atoms with Gasteiger partial charge in [-0.3, -0.25) is 4.79 Å². The number of phenolic OH excluding ortho intramolecular Hbond substituents is 1. The Kier molecular flexibility index (Phi) is 3.60. The molecule has 0 radical (unpaired) electrons. The van der Waals surface area contributed by atoms with Gasteiger partial charge >= 0.3 is 5.97 Å². The van der Waals surface area contributed by atoms with E-state index in [0.29, 0.717) is 6.29 Å². The van der Waals surface area contributed by atoms with Crippen LogP contribution in [0.4, 0.5) is 0 Å². The van der Waals surface area contributed by atoms with Crippen LogP contribution in [0, 0.1) is 0 Å². The molecule has 0 heterocycles. The summed E-state index contributed by atoms with van der Waals surface area (Å²) < 4.78 is 0. The van der Waals surface area contributed by atoms with Crippen molar-refractivity contribution >= 4 is 12.3 Å². The second kappa shape index (κ2) is 4.73. The minimum absolute atomic E-state index is 0.0761. The lowest BCUT2D eigenvalue weighted by Gasteiger charge is -2.17. The van der Waals surface area contributed by atoms with E-state index in [4.69, 9.17) is 10.2 Å². The van der Waals surface area contributed by atoms with Gasteiger partial charge in [0.05, 0.1) is 0 Å². The van der Waals surface area contributed by atoms with Gasteiger partial charge in [-0.2, -0.15) is 0 Å². The van der Waals surface area contributed by atoms with E-state index in [1.807, 2.05) is 0 Å². The van der Waals surface area contributed by atoms with Crippen molar-refractivity contribution in [2.75, 3.05) is 0 Å². The first kappa shape index (κ1) is 12.2. The number of benzene rings is 1. The highest BCUT2D eigenvalue weighted by Crippen LogP contribution is 2.29. The van der Waals surface area contributed by atoms with Crippen LogP contribution in [0.1, 0.15) is 22.0 Å². The average molecular weight is 226 g/mol. The molecule has 1 aromatic carbocycles. The zero-order chi connectivity index (χ0) is 12.3. The van der Waals surface area contributed by atoms with Crippen molar-refractivity contribution < 1.29 is 30.0 Å². The molecule has 1 rings (SSSR count). The van der Waals surface area contributed by atoms with Crippen LogP contribution < -0.4 is 0 Å². The Morgan fingerprint density at radius 1 is 1.31 bits per heavy atom. The summed E-state index contributed by atoms with van der Waals surface area (Å²) in [6, 6.07) is 3.84. The van der Waals surface area contributed by atoms with Gasteiger partial charge in [0.25, 0.3) is 0 Å². The van der Waals surface area contributed by atoms with Crippen LogP contribution in [0.15, 0.2) is 18.2 Å². The summed E-state index contributed by atoms with van der Waals surface area (Å²) in [6.07, 6.45) is -3.61. The molecule has 0 bridgehead atoms.